The molecule has 0 aromatic rings. The van der Waals surface area contributed by atoms with Crippen LogP contribution in [-0.4, -0.2) is 75.6 Å². The Kier molecular flexibility index (Phi) is 53.4. The molecular formula is C60H123NO7P+. The van der Waals surface area contributed by atoms with E-state index in [1.54, 1.807) is 0 Å². The molecule has 0 aliphatic carbocycles. The van der Waals surface area contributed by atoms with Gasteiger partial charge in [-0.1, -0.05) is 303 Å². The molecule has 8 nitrogen and oxygen atoms in total. The lowest BCUT2D eigenvalue weighted by Gasteiger charge is -2.24. The van der Waals surface area contributed by atoms with Crippen LogP contribution in [0.2, 0.25) is 0 Å². The number of ether oxygens (including phenoxy) is 2. The number of phosphoric acid groups is 1. The van der Waals surface area contributed by atoms with E-state index in [1.165, 1.54) is 270 Å². The maximum atomic E-state index is 12.8. The van der Waals surface area contributed by atoms with Gasteiger partial charge in [-0.25, -0.2) is 4.57 Å². The normalized spacial score (nSPS) is 13.3. The van der Waals surface area contributed by atoms with Crippen molar-refractivity contribution < 1.29 is 37.3 Å². The van der Waals surface area contributed by atoms with Crippen LogP contribution in [0.25, 0.3) is 0 Å². The van der Waals surface area contributed by atoms with Gasteiger partial charge in [0.1, 0.15) is 19.3 Å². The fourth-order valence-corrected chi connectivity index (χ4v) is 10.2. The number of phosphoric ester groups is 1. The Hall–Kier alpha value is -0.500. The summed E-state index contributed by atoms with van der Waals surface area (Å²) < 4.78 is 35.3. The van der Waals surface area contributed by atoms with Gasteiger partial charge in [0.05, 0.1) is 34.4 Å². The van der Waals surface area contributed by atoms with Crippen molar-refractivity contribution in [2.75, 3.05) is 54.1 Å². The number of esters is 1. The van der Waals surface area contributed by atoms with Gasteiger partial charge in [0.15, 0.2) is 0 Å². The number of hydrogen-bond donors (Lipinski definition) is 1. The first-order valence-electron chi connectivity index (χ1n) is 30.8. The summed E-state index contributed by atoms with van der Waals surface area (Å²) in [5.74, 6) is -0.302. The van der Waals surface area contributed by atoms with Crippen LogP contribution in [0.5, 0.6) is 0 Å². The standard InChI is InChI=1S/C60H122NO7P/c1-6-8-10-12-14-16-18-20-22-24-26-28-29-30-31-32-34-36-38-40-42-44-46-48-50-52-55-65-57-59(58-67-69(63,64)66-56-54-61(3,4)5)68-60(62)53-51-49-47-45-43-41-39-37-35-33-27-25-23-21-19-17-15-13-11-9-7-2/h59H,6-58H2,1-5H3/p+1. The number of hydrogen-bond acceptors (Lipinski definition) is 6. The number of quaternary nitrogens is 1. The van der Waals surface area contributed by atoms with Gasteiger partial charge in [-0.15, -0.1) is 0 Å². The van der Waals surface area contributed by atoms with Crippen molar-refractivity contribution in [3.8, 4) is 0 Å². The molecule has 0 radical (unpaired) electrons. The third-order valence-corrected chi connectivity index (χ3v) is 15.2. The van der Waals surface area contributed by atoms with Crippen molar-refractivity contribution in [1.82, 2.24) is 0 Å². The summed E-state index contributed by atoms with van der Waals surface area (Å²) in [6.45, 7) is 5.73. The molecule has 1 N–H and O–H groups in total. The van der Waals surface area contributed by atoms with Gasteiger partial charge in [-0.3, -0.25) is 13.8 Å². The Morgan fingerprint density at radius 2 is 0.667 bits per heavy atom. The zero-order chi connectivity index (χ0) is 50.5. The summed E-state index contributed by atoms with van der Waals surface area (Å²) in [7, 11) is 1.70. The van der Waals surface area contributed by atoms with E-state index in [9.17, 15) is 14.3 Å². The first-order valence-corrected chi connectivity index (χ1v) is 32.3. The molecule has 2 unspecified atom stereocenters. The first-order chi connectivity index (χ1) is 33.6. The van der Waals surface area contributed by atoms with E-state index in [1.807, 2.05) is 21.1 Å². The van der Waals surface area contributed by atoms with Crippen LogP contribution in [0, 0.1) is 0 Å². The summed E-state index contributed by atoms with van der Waals surface area (Å²) in [6.07, 6.45) is 63.2. The van der Waals surface area contributed by atoms with Gasteiger partial charge in [0.2, 0.25) is 0 Å². The largest absolute Gasteiger partial charge is 0.472 e. The van der Waals surface area contributed by atoms with E-state index in [2.05, 4.69) is 13.8 Å². The van der Waals surface area contributed by atoms with Gasteiger partial charge in [0.25, 0.3) is 0 Å². The minimum absolute atomic E-state index is 0.0946. The van der Waals surface area contributed by atoms with Crippen molar-refractivity contribution in [2.24, 2.45) is 0 Å². The molecule has 0 aliphatic heterocycles. The topological polar surface area (TPSA) is 91.3 Å². The molecule has 0 rings (SSSR count). The number of unbranched alkanes of at least 4 members (excludes halogenated alkanes) is 45. The summed E-state index contributed by atoms with van der Waals surface area (Å²) in [6, 6.07) is 0. The van der Waals surface area contributed by atoms with Crippen molar-refractivity contribution in [1.29, 1.82) is 0 Å². The van der Waals surface area contributed by atoms with E-state index in [0.717, 1.165) is 32.1 Å². The Bertz CT molecular complexity index is 1070. The highest BCUT2D eigenvalue weighted by molar-refractivity contribution is 7.47. The van der Waals surface area contributed by atoms with Gasteiger partial charge in [-0.05, 0) is 12.8 Å². The Morgan fingerprint density at radius 3 is 0.957 bits per heavy atom. The molecule has 2 atom stereocenters. The quantitative estimate of drug-likeness (QED) is 0.0281. The van der Waals surface area contributed by atoms with Crippen LogP contribution in [-0.2, 0) is 27.9 Å². The van der Waals surface area contributed by atoms with E-state index < -0.39 is 13.9 Å². The maximum absolute atomic E-state index is 12.8. The van der Waals surface area contributed by atoms with Crippen LogP contribution < -0.4 is 0 Å². The van der Waals surface area contributed by atoms with Crippen molar-refractivity contribution in [3.05, 3.63) is 0 Å². The molecule has 69 heavy (non-hydrogen) atoms. The Labute approximate surface area is 431 Å². The molecule has 0 bridgehead atoms. The molecule has 0 saturated carbocycles. The molecular weight excluding hydrogens is 878 g/mol. The Balaban J connectivity index is 3.96. The van der Waals surface area contributed by atoms with E-state index >= 15 is 0 Å². The number of carbonyl (C=O) groups excluding carboxylic acids is 1. The van der Waals surface area contributed by atoms with Gasteiger partial charge in [0, 0.05) is 13.0 Å². The smallest absolute Gasteiger partial charge is 0.457 e. The highest BCUT2D eigenvalue weighted by Gasteiger charge is 2.26. The van der Waals surface area contributed by atoms with Crippen LogP contribution in [0.4, 0.5) is 0 Å². The van der Waals surface area contributed by atoms with Gasteiger partial charge < -0.3 is 18.9 Å². The second kappa shape index (κ2) is 53.8. The monoisotopic (exact) mass is 1000 g/mol. The van der Waals surface area contributed by atoms with Crippen LogP contribution in [0.3, 0.4) is 0 Å². The van der Waals surface area contributed by atoms with Gasteiger partial charge in [-0.2, -0.15) is 0 Å². The molecule has 0 aromatic heterocycles. The zero-order valence-electron chi connectivity index (χ0n) is 47.3. The molecule has 9 heteroatoms. The summed E-state index contributed by atoms with van der Waals surface area (Å²) in [4.78, 5) is 23.1. The lowest BCUT2D eigenvalue weighted by atomic mass is 10.0. The lowest BCUT2D eigenvalue weighted by molar-refractivity contribution is -0.870. The number of nitrogens with zero attached hydrogens (tertiary/aromatic N) is 1. The second-order valence-electron chi connectivity index (χ2n) is 22.5. The minimum atomic E-state index is -4.28. The maximum Gasteiger partial charge on any atom is 0.472 e. The van der Waals surface area contributed by atoms with Gasteiger partial charge >= 0.3 is 13.8 Å². The highest BCUT2D eigenvalue weighted by Crippen LogP contribution is 2.43. The molecule has 0 spiro atoms. The first kappa shape index (κ1) is 68.5. The van der Waals surface area contributed by atoms with Crippen molar-refractivity contribution in [3.63, 3.8) is 0 Å². The molecule has 414 valence electrons. The number of rotatable bonds is 59. The minimum Gasteiger partial charge on any atom is -0.457 e. The average Bonchev–Trinajstić information content (AvgIpc) is 3.31. The van der Waals surface area contributed by atoms with Crippen molar-refractivity contribution >= 4 is 13.8 Å². The van der Waals surface area contributed by atoms with Crippen LogP contribution in [0.15, 0.2) is 0 Å². The molecule has 0 aliphatic rings. The third kappa shape index (κ3) is 58.3. The van der Waals surface area contributed by atoms with Crippen LogP contribution in [0.1, 0.15) is 322 Å². The average molecular weight is 1000 g/mol. The summed E-state index contributed by atoms with van der Waals surface area (Å²) in [5, 5.41) is 0. The molecule has 0 amide bonds. The van der Waals surface area contributed by atoms with E-state index in [-0.39, 0.29) is 25.8 Å². The third-order valence-electron chi connectivity index (χ3n) is 14.2. The number of carbonyl (C=O) groups is 1. The molecule has 0 fully saturated rings. The predicted octanol–water partition coefficient (Wildman–Crippen LogP) is 19.5. The molecule has 0 aromatic carbocycles. The molecule has 0 saturated heterocycles. The fraction of sp³-hybridized carbons (Fsp3) is 0.983. The van der Waals surface area contributed by atoms with Crippen molar-refractivity contribution in [2.45, 2.75) is 328 Å². The van der Waals surface area contributed by atoms with E-state index in [4.69, 9.17) is 18.5 Å². The van der Waals surface area contributed by atoms with Crippen LogP contribution >= 0.6 is 7.82 Å². The zero-order valence-corrected chi connectivity index (χ0v) is 48.2. The summed E-state index contributed by atoms with van der Waals surface area (Å²) in [5.41, 5.74) is 0. The highest BCUT2D eigenvalue weighted by atomic mass is 31.2. The second-order valence-corrected chi connectivity index (χ2v) is 23.9. The summed E-state index contributed by atoms with van der Waals surface area (Å²) >= 11 is 0. The SMILES string of the molecule is CCCCCCCCCCCCCCCCCCCCCCCCCCCCOCC(COP(=O)(O)OCC[N+](C)(C)C)OC(=O)CCCCCCCCCCCCCCCCCCCCCCC. The van der Waals surface area contributed by atoms with E-state index in [0.29, 0.717) is 24.1 Å². The predicted molar refractivity (Wildman–Crippen MR) is 298 cm³/mol. The Morgan fingerprint density at radius 1 is 0.391 bits per heavy atom. The number of likely N-dealkylation sites (N-methyl/N-ethyl adjacent to an activating group) is 1. The lowest BCUT2D eigenvalue weighted by Crippen LogP contribution is -2.37. The molecule has 0 heterocycles. The fourth-order valence-electron chi connectivity index (χ4n) is 9.44.